The highest BCUT2D eigenvalue weighted by atomic mass is 19.4. The van der Waals surface area contributed by atoms with Crippen molar-refractivity contribution in [3.05, 3.63) is 59.7 Å². The number of urea groups is 1. The van der Waals surface area contributed by atoms with Crippen LogP contribution in [-0.4, -0.2) is 18.4 Å². The molecule has 0 bridgehead atoms. The molecule has 0 atom stereocenters. The number of rotatable bonds is 4. The van der Waals surface area contributed by atoms with Gasteiger partial charge in [-0.2, -0.15) is 13.2 Å². The molecule has 4 N–H and O–H groups in total. The molecule has 2 amide bonds. The number of Topliss-reactive ketones (excluding diaryl/α,β-unsaturated/α-hetero) is 1. The maximum atomic E-state index is 12.9. The fraction of sp³-hybridized carbons (Fsp3) is 0.125. The van der Waals surface area contributed by atoms with Gasteiger partial charge in [0.1, 0.15) is 0 Å². The molecular formula is C16H14F3N3O2. The summed E-state index contributed by atoms with van der Waals surface area (Å²) < 4.78 is 38.6. The first-order valence-electron chi connectivity index (χ1n) is 6.89. The van der Waals surface area contributed by atoms with Gasteiger partial charge in [-0.05, 0) is 36.4 Å². The Kier molecular flexibility index (Phi) is 5.20. The monoisotopic (exact) mass is 337 g/mol. The third kappa shape index (κ3) is 4.32. The highest BCUT2D eigenvalue weighted by molar-refractivity contribution is 6.01. The molecule has 0 radical (unpaired) electrons. The summed E-state index contributed by atoms with van der Waals surface area (Å²) in [5.41, 5.74) is 4.65. The zero-order valence-corrected chi connectivity index (χ0v) is 12.4. The maximum absolute atomic E-state index is 12.9. The Balaban J connectivity index is 2.08. The molecule has 2 aromatic rings. The number of hydrogen-bond donors (Lipinski definition) is 3. The molecule has 0 unspecified atom stereocenters. The van der Waals surface area contributed by atoms with Crippen molar-refractivity contribution >= 4 is 23.2 Å². The molecule has 0 spiro atoms. The van der Waals surface area contributed by atoms with Crippen LogP contribution in [0.2, 0.25) is 0 Å². The van der Waals surface area contributed by atoms with Crippen molar-refractivity contribution in [3.8, 4) is 0 Å². The van der Waals surface area contributed by atoms with Crippen LogP contribution in [0.4, 0.5) is 29.3 Å². The molecule has 0 aliphatic carbocycles. The molecule has 8 heteroatoms. The second kappa shape index (κ2) is 7.14. The number of nitrogens with one attached hydrogen (secondary N) is 2. The summed E-state index contributed by atoms with van der Waals surface area (Å²) in [6.45, 7) is -0.137. The van der Waals surface area contributed by atoms with Gasteiger partial charge in [-0.1, -0.05) is 12.1 Å². The third-order valence-electron chi connectivity index (χ3n) is 3.13. The molecule has 0 aromatic heterocycles. The largest absolute Gasteiger partial charge is 0.418 e. The molecule has 0 saturated heterocycles. The molecule has 0 heterocycles. The van der Waals surface area contributed by atoms with Crippen LogP contribution in [0, 0.1) is 0 Å². The van der Waals surface area contributed by atoms with Gasteiger partial charge in [0.15, 0.2) is 5.78 Å². The third-order valence-corrected chi connectivity index (χ3v) is 3.13. The van der Waals surface area contributed by atoms with E-state index >= 15 is 0 Å². The number of nitrogens with two attached hydrogens (primary N) is 1. The summed E-state index contributed by atoms with van der Waals surface area (Å²) in [5.74, 6) is -0.259. The van der Waals surface area contributed by atoms with Gasteiger partial charge >= 0.3 is 12.2 Å². The van der Waals surface area contributed by atoms with E-state index in [4.69, 9.17) is 5.73 Å². The van der Waals surface area contributed by atoms with Crippen molar-refractivity contribution in [2.24, 2.45) is 5.73 Å². The van der Waals surface area contributed by atoms with Crippen LogP contribution in [0.1, 0.15) is 15.9 Å². The smallest absolute Gasteiger partial charge is 0.324 e. The van der Waals surface area contributed by atoms with Crippen LogP contribution in [0.5, 0.6) is 0 Å². The van der Waals surface area contributed by atoms with Crippen molar-refractivity contribution < 1.29 is 22.8 Å². The van der Waals surface area contributed by atoms with Crippen LogP contribution < -0.4 is 16.4 Å². The lowest BCUT2D eigenvalue weighted by atomic mass is 10.1. The number of alkyl halides is 3. The fourth-order valence-corrected chi connectivity index (χ4v) is 1.98. The van der Waals surface area contributed by atoms with Gasteiger partial charge in [-0.15, -0.1) is 0 Å². The van der Waals surface area contributed by atoms with E-state index in [1.807, 2.05) is 0 Å². The first-order valence-corrected chi connectivity index (χ1v) is 6.89. The number of para-hydroxylation sites is 1. The van der Waals surface area contributed by atoms with Gasteiger partial charge < -0.3 is 16.4 Å². The summed E-state index contributed by atoms with van der Waals surface area (Å²) in [5, 5.41) is 4.55. The van der Waals surface area contributed by atoms with Crippen molar-refractivity contribution in [3.63, 3.8) is 0 Å². The van der Waals surface area contributed by atoms with Crippen LogP contribution >= 0.6 is 0 Å². The maximum Gasteiger partial charge on any atom is 0.418 e. The van der Waals surface area contributed by atoms with Gasteiger partial charge in [-0.3, -0.25) is 4.79 Å². The average molecular weight is 337 g/mol. The molecule has 0 aliphatic heterocycles. The van der Waals surface area contributed by atoms with Crippen LogP contribution in [0.15, 0.2) is 48.5 Å². The Hall–Kier alpha value is -2.87. The number of anilines is 2. The molecular weight excluding hydrogens is 323 g/mol. The lowest BCUT2D eigenvalue weighted by Gasteiger charge is -2.14. The lowest BCUT2D eigenvalue weighted by Crippen LogP contribution is -2.22. The Bertz CT molecular complexity index is 743. The van der Waals surface area contributed by atoms with Gasteiger partial charge in [0.2, 0.25) is 0 Å². The minimum Gasteiger partial charge on any atom is -0.324 e. The van der Waals surface area contributed by atoms with E-state index in [-0.39, 0.29) is 18.0 Å². The molecule has 126 valence electrons. The predicted molar refractivity (Wildman–Crippen MR) is 83.9 cm³/mol. The summed E-state index contributed by atoms with van der Waals surface area (Å²) in [6, 6.07) is 9.68. The highest BCUT2D eigenvalue weighted by Gasteiger charge is 2.33. The first-order chi connectivity index (χ1) is 11.3. The van der Waals surface area contributed by atoms with Crippen LogP contribution in [0.25, 0.3) is 0 Å². The molecule has 5 nitrogen and oxygen atoms in total. The Morgan fingerprint density at radius 1 is 0.958 bits per heavy atom. The highest BCUT2D eigenvalue weighted by Crippen LogP contribution is 2.34. The van der Waals surface area contributed by atoms with Gasteiger partial charge in [0.05, 0.1) is 17.8 Å². The molecule has 0 aliphatic rings. The summed E-state index contributed by atoms with van der Waals surface area (Å²) >= 11 is 0. The van der Waals surface area contributed by atoms with E-state index < -0.39 is 17.8 Å². The minimum atomic E-state index is -4.58. The number of amides is 2. The standard InChI is InChI=1S/C16H14F3N3O2/c17-16(18,19)12-3-1-2-4-13(12)22-15(24)21-11-7-5-10(6-8-11)14(23)9-20/h1-8H,9,20H2,(H2,21,22,24). The first kappa shape index (κ1) is 17.5. The second-order valence-corrected chi connectivity index (χ2v) is 4.83. The molecule has 24 heavy (non-hydrogen) atoms. The van der Waals surface area contributed by atoms with Gasteiger partial charge in [0, 0.05) is 11.3 Å². The van der Waals surface area contributed by atoms with E-state index in [9.17, 15) is 22.8 Å². The normalized spacial score (nSPS) is 11.0. The topological polar surface area (TPSA) is 84.2 Å². The van der Waals surface area contributed by atoms with Crippen molar-refractivity contribution in [1.29, 1.82) is 0 Å². The van der Waals surface area contributed by atoms with Crippen molar-refractivity contribution in [1.82, 2.24) is 0 Å². The SMILES string of the molecule is NCC(=O)c1ccc(NC(=O)Nc2ccccc2C(F)(F)F)cc1. The van der Waals surface area contributed by atoms with Gasteiger partial charge in [-0.25, -0.2) is 4.79 Å². The summed E-state index contributed by atoms with van der Waals surface area (Å²) in [4.78, 5) is 23.2. The van der Waals surface area contributed by atoms with E-state index in [0.717, 1.165) is 12.1 Å². The van der Waals surface area contributed by atoms with E-state index in [1.165, 1.54) is 36.4 Å². The quantitative estimate of drug-likeness (QED) is 0.747. The molecule has 2 rings (SSSR count). The Labute approximate surface area is 135 Å². The number of benzene rings is 2. The van der Waals surface area contributed by atoms with Gasteiger partial charge in [0.25, 0.3) is 0 Å². The lowest BCUT2D eigenvalue weighted by molar-refractivity contribution is -0.136. The fourth-order valence-electron chi connectivity index (χ4n) is 1.98. The Morgan fingerprint density at radius 2 is 1.58 bits per heavy atom. The molecule has 0 saturated carbocycles. The van der Waals surface area contributed by atoms with E-state index in [0.29, 0.717) is 11.3 Å². The van der Waals surface area contributed by atoms with E-state index in [2.05, 4.69) is 10.6 Å². The summed E-state index contributed by atoms with van der Waals surface area (Å²) in [6.07, 6.45) is -4.58. The minimum absolute atomic E-state index is 0.137. The van der Waals surface area contributed by atoms with Crippen molar-refractivity contribution in [2.45, 2.75) is 6.18 Å². The number of carbonyl (C=O) groups is 2. The number of hydrogen-bond acceptors (Lipinski definition) is 3. The zero-order chi connectivity index (χ0) is 17.7. The predicted octanol–water partition coefficient (Wildman–Crippen LogP) is 3.49. The Morgan fingerprint density at radius 3 is 2.17 bits per heavy atom. The number of carbonyl (C=O) groups excluding carboxylic acids is 2. The second-order valence-electron chi connectivity index (χ2n) is 4.83. The molecule has 0 fully saturated rings. The average Bonchev–Trinajstić information content (AvgIpc) is 2.54. The summed E-state index contributed by atoms with van der Waals surface area (Å²) in [7, 11) is 0. The van der Waals surface area contributed by atoms with Crippen LogP contribution in [0.3, 0.4) is 0 Å². The van der Waals surface area contributed by atoms with Crippen molar-refractivity contribution in [2.75, 3.05) is 17.2 Å². The van der Waals surface area contributed by atoms with Crippen LogP contribution in [-0.2, 0) is 6.18 Å². The molecule has 2 aromatic carbocycles. The number of halogens is 3. The van der Waals surface area contributed by atoms with E-state index in [1.54, 1.807) is 0 Å². The number of ketones is 1. The zero-order valence-electron chi connectivity index (χ0n) is 12.4.